The highest BCUT2D eigenvalue weighted by molar-refractivity contribution is 6.05. The van der Waals surface area contributed by atoms with Gasteiger partial charge in [0.15, 0.2) is 5.82 Å². The SMILES string of the molecule is CCn1nc(C)cc1C(=O)Nc1nc2cc(C(N)=O)cc(OC)c2n1C/C=C/Cn1c(NC(=O)c2cc(C)nn2CC)nc2cc(C(N)=O)cc(OCCCN3CCC(c4nnc5n4CCN(C(=O)CC(=O)OC(C)(C)C)C5)CC3)c21. The molecule has 26 heteroatoms. The molecular weight excluding hydrogens is 1040 g/mol. The number of ether oxygens (including phenoxy) is 3. The smallest absolute Gasteiger partial charge is 0.315 e. The Bertz CT molecular complexity index is 3590. The lowest BCUT2D eigenvalue weighted by Crippen LogP contribution is -2.41. The van der Waals surface area contributed by atoms with Crippen LogP contribution in [0.15, 0.2) is 48.6 Å². The van der Waals surface area contributed by atoms with Gasteiger partial charge in [-0.2, -0.15) is 10.2 Å². The van der Waals surface area contributed by atoms with E-state index < -0.39 is 35.2 Å². The van der Waals surface area contributed by atoms with Crippen LogP contribution in [0.1, 0.15) is 131 Å². The van der Waals surface area contributed by atoms with Crippen LogP contribution in [0.25, 0.3) is 22.1 Å². The first-order valence-corrected chi connectivity index (χ1v) is 27.1. The minimum Gasteiger partial charge on any atom is -0.494 e. The van der Waals surface area contributed by atoms with Crippen LogP contribution >= 0.6 is 0 Å². The molecule has 0 bridgehead atoms. The molecule has 7 aromatic rings. The number of imidazole rings is 2. The zero-order chi connectivity index (χ0) is 57.9. The Morgan fingerprint density at radius 1 is 0.728 bits per heavy atom. The van der Waals surface area contributed by atoms with Crippen molar-refractivity contribution in [1.82, 2.24) is 63.2 Å². The molecule has 1 fully saturated rings. The van der Waals surface area contributed by atoms with Crippen molar-refractivity contribution in [2.45, 2.75) is 125 Å². The summed E-state index contributed by atoms with van der Waals surface area (Å²) < 4.78 is 26.5. The van der Waals surface area contributed by atoms with E-state index in [1.807, 2.05) is 26.0 Å². The summed E-state index contributed by atoms with van der Waals surface area (Å²) in [4.78, 5) is 91.9. The average Bonchev–Trinajstić information content (AvgIpc) is 4.31. The molecule has 0 aliphatic carbocycles. The van der Waals surface area contributed by atoms with Gasteiger partial charge in [-0.3, -0.25) is 48.8 Å². The summed E-state index contributed by atoms with van der Waals surface area (Å²) in [6, 6.07) is 9.57. The quantitative estimate of drug-likeness (QED) is 0.0327. The van der Waals surface area contributed by atoms with Gasteiger partial charge in [0.2, 0.25) is 29.6 Å². The molecule has 2 aliphatic rings. The predicted molar refractivity (Wildman–Crippen MR) is 298 cm³/mol. The van der Waals surface area contributed by atoms with E-state index in [9.17, 15) is 28.8 Å². The summed E-state index contributed by atoms with van der Waals surface area (Å²) in [6.07, 6.45) is 5.74. The number of benzene rings is 2. The second kappa shape index (κ2) is 23.8. The van der Waals surface area contributed by atoms with Gasteiger partial charge in [0, 0.05) is 62.9 Å². The number of methoxy groups -OCH3 is 1. The van der Waals surface area contributed by atoms with Crippen LogP contribution in [-0.4, -0.2) is 144 Å². The molecule has 2 aliphatic heterocycles. The summed E-state index contributed by atoms with van der Waals surface area (Å²) in [7, 11) is 1.46. The van der Waals surface area contributed by atoms with Crippen molar-refractivity contribution in [3.63, 3.8) is 0 Å². The highest BCUT2D eigenvalue weighted by Crippen LogP contribution is 2.34. The number of primary amides is 2. The molecule has 81 heavy (non-hydrogen) atoms. The standard InChI is InChI=1S/C55H69N17O9/c1-9-71-39(24-32(3)64-71)51(77)60-53-58-37-26-35(48(56)75)28-41(79-8)46(37)69(53)17-11-12-18-70-47-38(59-54(70)61-52(78)40-25-33(4)65-72(40)10-2)27-36(49(57)76)29-42(47)80-23-13-16-66-19-14-34(15-20-66)50-63-62-43-31-67(21-22-68(43)50)44(73)30-45(74)81-55(5,6)7/h11-12,24-29,34H,9-10,13-23,30-31H2,1-8H3,(H2,56,75)(H2,57,76)(H,58,60,77)(H,59,61,78)/b12-11+. The summed E-state index contributed by atoms with van der Waals surface area (Å²) in [5.74, 6) is -0.352. The first-order chi connectivity index (χ1) is 38.7. The lowest BCUT2D eigenvalue weighted by Gasteiger charge is -2.33. The van der Waals surface area contributed by atoms with Crippen molar-refractivity contribution >= 4 is 69.5 Å². The molecule has 0 atom stereocenters. The van der Waals surface area contributed by atoms with Gasteiger partial charge in [0.25, 0.3) is 11.8 Å². The molecule has 1 saturated heterocycles. The Balaban J connectivity index is 0.927. The first-order valence-electron chi connectivity index (χ1n) is 27.1. The van der Waals surface area contributed by atoms with Gasteiger partial charge in [-0.05, 0) is 117 Å². The number of amides is 5. The van der Waals surface area contributed by atoms with Crippen LogP contribution in [-0.2, 0) is 53.6 Å². The molecule has 6 N–H and O–H groups in total. The van der Waals surface area contributed by atoms with Crippen molar-refractivity contribution < 1.29 is 43.0 Å². The van der Waals surface area contributed by atoms with Gasteiger partial charge in [-0.25, -0.2) is 9.97 Å². The van der Waals surface area contributed by atoms with Gasteiger partial charge in [-0.15, -0.1) is 10.2 Å². The van der Waals surface area contributed by atoms with Crippen LogP contribution in [0.5, 0.6) is 11.5 Å². The van der Waals surface area contributed by atoms with Crippen LogP contribution in [0, 0.1) is 13.8 Å². The number of fused-ring (bicyclic) bond motifs is 3. The third kappa shape index (κ3) is 12.6. The van der Waals surface area contributed by atoms with Gasteiger partial charge >= 0.3 is 5.97 Å². The van der Waals surface area contributed by atoms with Crippen LogP contribution < -0.4 is 31.6 Å². The van der Waals surface area contributed by atoms with Crippen molar-refractivity contribution in [2.75, 3.05) is 50.5 Å². The number of nitrogens with one attached hydrogen (secondary N) is 2. The summed E-state index contributed by atoms with van der Waals surface area (Å²) >= 11 is 0. The number of aromatic nitrogens is 11. The molecular formula is C55H69N17O9. The zero-order valence-corrected chi connectivity index (χ0v) is 46.9. The number of rotatable bonds is 21. The second-order valence-electron chi connectivity index (χ2n) is 21.1. The Labute approximate surface area is 466 Å². The van der Waals surface area contributed by atoms with Gasteiger partial charge in [0.1, 0.15) is 51.8 Å². The Hall–Kier alpha value is -8.94. The third-order valence-corrected chi connectivity index (χ3v) is 14.1. The number of allylic oxidation sites excluding steroid dienone is 2. The number of carbonyl (C=O) groups is 6. The number of piperidine rings is 1. The average molecular weight is 1110 g/mol. The number of aryl methyl sites for hydroxylation is 4. The van der Waals surface area contributed by atoms with E-state index in [0.717, 1.165) is 38.3 Å². The second-order valence-corrected chi connectivity index (χ2v) is 21.1. The maximum Gasteiger partial charge on any atom is 0.315 e. The first kappa shape index (κ1) is 56.8. The fraction of sp³-hybridized carbons (Fsp3) is 0.455. The number of esters is 1. The molecule has 9 rings (SSSR count). The van der Waals surface area contributed by atoms with Crippen LogP contribution in [0.3, 0.4) is 0 Å². The normalized spacial score (nSPS) is 14.2. The molecule has 26 nitrogen and oxygen atoms in total. The number of nitrogens with zero attached hydrogens (tertiary/aromatic N) is 13. The van der Waals surface area contributed by atoms with Crippen molar-refractivity contribution in [3.05, 3.63) is 94.1 Å². The van der Waals surface area contributed by atoms with E-state index in [4.69, 9.17) is 35.6 Å². The number of carbonyl (C=O) groups excluding carboxylic acids is 6. The lowest BCUT2D eigenvalue weighted by atomic mass is 9.95. The Morgan fingerprint density at radius 2 is 1.27 bits per heavy atom. The monoisotopic (exact) mass is 1110 g/mol. The van der Waals surface area contributed by atoms with E-state index in [-0.39, 0.29) is 67.5 Å². The van der Waals surface area contributed by atoms with E-state index in [2.05, 4.69) is 40.5 Å². The largest absolute Gasteiger partial charge is 0.494 e. The highest BCUT2D eigenvalue weighted by Gasteiger charge is 2.32. The predicted octanol–water partition coefficient (Wildman–Crippen LogP) is 4.72. The number of hydrogen-bond acceptors (Lipinski definition) is 16. The van der Waals surface area contributed by atoms with Crippen molar-refractivity contribution in [2.24, 2.45) is 11.5 Å². The molecule has 0 saturated carbocycles. The minimum atomic E-state index is -0.687. The van der Waals surface area contributed by atoms with Gasteiger partial charge in [0.05, 0.1) is 42.7 Å². The topological polar surface area (TPSA) is 315 Å². The van der Waals surface area contributed by atoms with E-state index in [1.165, 1.54) is 19.2 Å². The maximum absolute atomic E-state index is 14.0. The van der Waals surface area contributed by atoms with Crippen LogP contribution in [0.2, 0.25) is 0 Å². The molecule has 7 heterocycles. The number of anilines is 2. The third-order valence-electron chi connectivity index (χ3n) is 14.1. The maximum atomic E-state index is 14.0. The number of hydrogen-bond donors (Lipinski definition) is 4. The Morgan fingerprint density at radius 3 is 1.79 bits per heavy atom. The summed E-state index contributed by atoms with van der Waals surface area (Å²) in [6.45, 7) is 17.8. The van der Waals surface area contributed by atoms with Crippen LogP contribution in [0.4, 0.5) is 11.9 Å². The van der Waals surface area contributed by atoms with E-state index in [0.29, 0.717) is 94.8 Å². The lowest BCUT2D eigenvalue weighted by molar-refractivity contribution is -0.158. The fourth-order valence-electron chi connectivity index (χ4n) is 10.4. The van der Waals surface area contributed by atoms with Crippen molar-refractivity contribution in [3.8, 4) is 11.5 Å². The zero-order valence-electron chi connectivity index (χ0n) is 46.9. The summed E-state index contributed by atoms with van der Waals surface area (Å²) in [5.41, 5.74) is 14.9. The highest BCUT2D eigenvalue weighted by atomic mass is 16.6. The van der Waals surface area contributed by atoms with E-state index >= 15 is 0 Å². The van der Waals surface area contributed by atoms with E-state index in [1.54, 1.807) is 82.3 Å². The molecule has 5 amide bonds. The molecule has 0 radical (unpaired) electrons. The molecule has 0 spiro atoms. The fourth-order valence-corrected chi connectivity index (χ4v) is 10.4. The molecule has 0 unspecified atom stereocenters. The van der Waals surface area contributed by atoms with Gasteiger partial charge < -0.3 is 49.2 Å². The van der Waals surface area contributed by atoms with Crippen molar-refractivity contribution in [1.29, 1.82) is 0 Å². The molecule has 428 valence electrons. The van der Waals surface area contributed by atoms with Gasteiger partial charge in [-0.1, -0.05) is 12.2 Å². The molecule has 5 aromatic heterocycles. The minimum absolute atomic E-state index is 0.130. The summed E-state index contributed by atoms with van der Waals surface area (Å²) in [5, 5.41) is 23.8. The Kier molecular flexibility index (Phi) is 16.7. The number of likely N-dealkylation sites (tertiary alicyclic amines) is 1. The number of nitrogens with two attached hydrogens (primary N) is 2. The molecule has 2 aromatic carbocycles.